The fourth-order valence-corrected chi connectivity index (χ4v) is 1.49. The molecule has 72 valence electrons. The van der Waals surface area contributed by atoms with Crippen molar-refractivity contribution in [3.8, 4) is 0 Å². The second-order valence-corrected chi connectivity index (χ2v) is 3.00. The minimum Gasteiger partial charge on any atom is -0.479 e. The van der Waals surface area contributed by atoms with E-state index in [0.29, 0.717) is 0 Å². The highest BCUT2D eigenvalue weighted by Gasteiger charge is 2.47. The van der Waals surface area contributed by atoms with Crippen molar-refractivity contribution in [2.24, 2.45) is 5.92 Å². The molecule has 0 spiro atoms. The zero-order valence-electron chi connectivity index (χ0n) is 6.51. The Hall–Kier alpha value is -0.900. The zero-order valence-corrected chi connectivity index (χ0v) is 7.26. The molecule has 1 aliphatic rings. The van der Waals surface area contributed by atoms with Gasteiger partial charge in [-0.15, -0.1) is 11.6 Å². The van der Waals surface area contributed by atoms with Crippen LogP contribution in [0.4, 0.5) is 8.78 Å². The Kier molecular flexibility index (Phi) is 2.71. The van der Waals surface area contributed by atoms with Gasteiger partial charge in [-0.05, 0) is 12.2 Å². The number of hydrogen-bond donors (Lipinski definition) is 1. The minimum absolute atomic E-state index is 0.407. The summed E-state index contributed by atoms with van der Waals surface area (Å²) >= 11 is 5.29. The van der Waals surface area contributed by atoms with E-state index in [-0.39, 0.29) is 0 Å². The molecule has 0 aliphatic heterocycles. The summed E-state index contributed by atoms with van der Waals surface area (Å²) in [6.45, 7) is 0. The fraction of sp³-hybridized carbons (Fsp3) is 0.375. The second kappa shape index (κ2) is 3.46. The van der Waals surface area contributed by atoms with Gasteiger partial charge < -0.3 is 5.11 Å². The van der Waals surface area contributed by atoms with Crippen molar-refractivity contribution in [1.29, 1.82) is 0 Å². The highest BCUT2D eigenvalue weighted by atomic mass is 35.5. The van der Waals surface area contributed by atoms with E-state index in [1.54, 1.807) is 0 Å². The molecule has 0 heterocycles. The smallest absolute Gasteiger partial charge is 0.346 e. The number of alkyl halides is 2. The van der Waals surface area contributed by atoms with Crippen LogP contribution < -0.4 is 0 Å². The van der Waals surface area contributed by atoms with Crippen molar-refractivity contribution in [1.82, 2.24) is 0 Å². The molecule has 0 radical (unpaired) electrons. The summed E-state index contributed by atoms with van der Waals surface area (Å²) in [6.07, 6.45) is 2.84. The summed E-state index contributed by atoms with van der Waals surface area (Å²) in [5.74, 6) is -4.41. The lowest BCUT2D eigenvalue weighted by Gasteiger charge is -2.26. The Balaban J connectivity index is 3.06. The maximum absolute atomic E-state index is 13.6. The van der Waals surface area contributed by atoms with Crippen LogP contribution in [0.15, 0.2) is 24.1 Å². The average molecular weight is 209 g/mol. The summed E-state index contributed by atoms with van der Waals surface area (Å²) in [6, 6.07) is 0. The Morgan fingerprint density at radius 2 is 2.38 bits per heavy atom. The van der Waals surface area contributed by atoms with Crippen LogP contribution in [-0.2, 0) is 4.79 Å². The molecule has 0 aromatic heterocycles. The maximum atomic E-state index is 13.6. The lowest BCUT2D eigenvalue weighted by atomic mass is 9.86. The third-order valence-electron chi connectivity index (χ3n) is 1.92. The predicted octanol–water partition coefficient (Wildman–Crippen LogP) is 2.06. The summed E-state index contributed by atoms with van der Waals surface area (Å²) < 4.78 is 26.5. The number of rotatable bonds is 2. The van der Waals surface area contributed by atoms with Crippen LogP contribution in [-0.4, -0.2) is 22.6 Å². The van der Waals surface area contributed by atoms with Gasteiger partial charge in [0.25, 0.3) is 0 Å². The van der Waals surface area contributed by atoms with E-state index in [2.05, 4.69) is 0 Å². The SMILES string of the molecule is O=C(O)C1(F)C=CC=C(F)C1CCl. The molecule has 0 aromatic carbocycles. The number of hydrogen-bond acceptors (Lipinski definition) is 1. The maximum Gasteiger partial charge on any atom is 0.346 e. The minimum atomic E-state index is -2.72. The number of carboxylic acid groups (broad SMARTS) is 1. The van der Waals surface area contributed by atoms with Crippen LogP contribution in [0.3, 0.4) is 0 Å². The third kappa shape index (κ3) is 1.58. The fourth-order valence-electron chi connectivity index (χ4n) is 1.12. The quantitative estimate of drug-likeness (QED) is 0.706. The standard InChI is InChI=1S/C8H7ClF2O2/c9-4-5-6(10)2-1-3-8(5,11)7(12)13/h1-3,5H,4H2,(H,12,13). The van der Waals surface area contributed by atoms with E-state index in [0.717, 1.165) is 18.2 Å². The molecule has 0 aromatic rings. The number of halogens is 3. The van der Waals surface area contributed by atoms with Crippen LogP contribution in [0.25, 0.3) is 0 Å². The zero-order chi connectivity index (χ0) is 10.1. The molecular formula is C8H7ClF2O2. The summed E-state index contributed by atoms with van der Waals surface area (Å²) in [7, 11) is 0. The molecule has 2 atom stereocenters. The Morgan fingerprint density at radius 3 is 2.77 bits per heavy atom. The lowest BCUT2D eigenvalue weighted by Crippen LogP contribution is -2.42. The molecule has 1 aliphatic carbocycles. The largest absolute Gasteiger partial charge is 0.479 e. The summed E-state index contributed by atoms with van der Waals surface area (Å²) in [5, 5.41) is 8.54. The van der Waals surface area contributed by atoms with Gasteiger partial charge in [0, 0.05) is 5.88 Å². The van der Waals surface area contributed by atoms with Gasteiger partial charge in [0.1, 0.15) is 5.83 Å². The molecule has 1 rings (SSSR count). The van der Waals surface area contributed by atoms with Crippen molar-refractivity contribution < 1.29 is 18.7 Å². The first-order valence-corrected chi connectivity index (χ1v) is 4.09. The highest BCUT2D eigenvalue weighted by Crippen LogP contribution is 2.35. The Bertz CT molecular complexity index is 288. The predicted molar refractivity (Wildman–Crippen MR) is 44.0 cm³/mol. The number of allylic oxidation sites excluding steroid dienone is 3. The van der Waals surface area contributed by atoms with Gasteiger partial charge in [-0.1, -0.05) is 6.08 Å². The van der Waals surface area contributed by atoms with Crippen molar-refractivity contribution in [3.05, 3.63) is 24.1 Å². The topological polar surface area (TPSA) is 37.3 Å². The first-order valence-electron chi connectivity index (χ1n) is 3.55. The molecular weight excluding hydrogens is 202 g/mol. The number of carboxylic acids is 1. The van der Waals surface area contributed by atoms with Gasteiger partial charge in [-0.25, -0.2) is 13.6 Å². The molecule has 0 bridgehead atoms. The summed E-state index contributed by atoms with van der Waals surface area (Å²) in [5.41, 5.74) is -2.72. The number of carbonyl (C=O) groups is 1. The van der Waals surface area contributed by atoms with Gasteiger partial charge in [0.05, 0.1) is 5.92 Å². The van der Waals surface area contributed by atoms with Gasteiger partial charge in [0.15, 0.2) is 0 Å². The molecule has 2 nitrogen and oxygen atoms in total. The van der Waals surface area contributed by atoms with Crippen LogP contribution in [0.5, 0.6) is 0 Å². The van der Waals surface area contributed by atoms with E-state index in [1.807, 2.05) is 0 Å². The molecule has 0 amide bonds. The van der Waals surface area contributed by atoms with Crippen LogP contribution in [0.2, 0.25) is 0 Å². The van der Waals surface area contributed by atoms with Gasteiger partial charge in [-0.3, -0.25) is 0 Å². The molecule has 0 saturated carbocycles. The van der Waals surface area contributed by atoms with Crippen molar-refractivity contribution >= 4 is 17.6 Å². The Labute approximate surface area is 78.5 Å². The average Bonchev–Trinajstić information content (AvgIpc) is 2.04. The van der Waals surface area contributed by atoms with Crippen molar-refractivity contribution in [3.63, 3.8) is 0 Å². The first-order chi connectivity index (χ1) is 6.02. The highest BCUT2D eigenvalue weighted by molar-refractivity contribution is 6.18. The number of aliphatic carboxylic acids is 1. The van der Waals surface area contributed by atoms with E-state index in [1.165, 1.54) is 0 Å². The van der Waals surface area contributed by atoms with Crippen molar-refractivity contribution in [2.75, 3.05) is 5.88 Å². The lowest BCUT2D eigenvalue weighted by molar-refractivity contribution is -0.150. The van der Waals surface area contributed by atoms with Crippen LogP contribution in [0, 0.1) is 5.92 Å². The molecule has 13 heavy (non-hydrogen) atoms. The van der Waals surface area contributed by atoms with E-state index < -0.39 is 29.3 Å². The van der Waals surface area contributed by atoms with Crippen LogP contribution in [0.1, 0.15) is 0 Å². The molecule has 0 saturated heterocycles. The van der Waals surface area contributed by atoms with Crippen LogP contribution >= 0.6 is 11.6 Å². The monoisotopic (exact) mass is 208 g/mol. The van der Waals surface area contributed by atoms with E-state index >= 15 is 0 Å². The third-order valence-corrected chi connectivity index (χ3v) is 2.22. The first kappa shape index (κ1) is 10.2. The second-order valence-electron chi connectivity index (χ2n) is 2.69. The van der Waals surface area contributed by atoms with Gasteiger partial charge in [-0.2, -0.15) is 0 Å². The van der Waals surface area contributed by atoms with Crippen molar-refractivity contribution in [2.45, 2.75) is 5.67 Å². The molecule has 2 unspecified atom stereocenters. The normalized spacial score (nSPS) is 32.8. The summed E-state index contributed by atoms with van der Waals surface area (Å²) in [4.78, 5) is 10.5. The molecule has 1 N–H and O–H groups in total. The van der Waals surface area contributed by atoms with E-state index in [4.69, 9.17) is 16.7 Å². The van der Waals surface area contributed by atoms with Gasteiger partial charge in [0.2, 0.25) is 5.67 Å². The van der Waals surface area contributed by atoms with Gasteiger partial charge >= 0.3 is 5.97 Å². The molecule has 5 heteroatoms. The molecule has 0 fully saturated rings. The Morgan fingerprint density at radius 1 is 1.77 bits per heavy atom. The van der Waals surface area contributed by atoms with E-state index in [9.17, 15) is 13.6 Å².